The summed E-state index contributed by atoms with van der Waals surface area (Å²) in [5.41, 5.74) is 0.663. The Kier molecular flexibility index (Phi) is 4.53. The highest BCUT2D eigenvalue weighted by atomic mass is 32.2. The molecular weight excluding hydrogens is 292 g/mol. The van der Waals surface area contributed by atoms with Crippen LogP contribution in [0.2, 0.25) is 0 Å². The van der Waals surface area contributed by atoms with Crippen molar-refractivity contribution in [1.29, 1.82) is 0 Å². The molecule has 1 atom stereocenters. The average molecular weight is 312 g/mol. The Morgan fingerprint density at radius 3 is 2.67 bits per heavy atom. The van der Waals surface area contributed by atoms with Gasteiger partial charge in [0.25, 0.3) is 0 Å². The second-order valence-corrected chi connectivity index (χ2v) is 6.90. The van der Waals surface area contributed by atoms with Crippen molar-refractivity contribution < 1.29 is 17.9 Å². The summed E-state index contributed by atoms with van der Waals surface area (Å²) >= 11 is 0. The predicted molar refractivity (Wildman–Crippen MR) is 78.1 cm³/mol. The number of rotatable bonds is 6. The van der Waals surface area contributed by atoms with Crippen molar-refractivity contribution in [3.63, 3.8) is 0 Å². The van der Waals surface area contributed by atoms with Crippen LogP contribution in [0.15, 0.2) is 23.1 Å². The molecular formula is C14H20N2O4S. The van der Waals surface area contributed by atoms with E-state index in [1.54, 1.807) is 6.07 Å². The fraction of sp³-hybridized carbons (Fsp3) is 0.500. The van der Waals surface area contributed by atoms with E-state index in [2.05, 4.69) is 5.32 Å². The number of nitrogens with one attached hydrogen (secondary N) is 1. The lowest BCUT2D eigenvalue weighted by Gasteiger charge is -2.12. The van der Waals surface area contributed by atoms with Gasteiger partial charge in [-0.05, 0) is 36.5 Å². The minimum Gasteiger partial charge on any atom is -0.495 e. The van der Waals surface area contributed by atoms with Gasteiger partial charge in [-0.15, -0.1) is 0 Å². The zero-order valence-electron chi connectivity index (χ0n) is 12.1. The molecule has 7 heteroatoms. The minimum absolute atomic E-state index is 0.000889. The summed E-state index contributed by atoms with van der Waals surface area (Å²) < 4.78 is 28.0. The molecule has 0 bridgehead atoms. The van der Waals surface area contributed by atoms with Crippen LogP contribution in [0, 0.1) is 11.8 Å². The van der Waals surface area contributed by atoms with E-state index in [9.17, 15) is 13.2 Å². The van der Waals surface area contributed by atoms with Crippen molar-refractivity contribution in [2.24, 2.45) is 17.0 Å². The van der Waals surface area contributed by atoms with Crippen molar-refractivity contribution in [2.75, 3.05) is 7.11 Å². The molecule has 0 aliphatic heterocycles. The van der Waals surface area contributed by atoms with Gasteiger partial charge in [0, 0.05) is 12.5 Å². The number of amides is 1. The van der Waals surface area contributed by atoms with Gasteiger partial charge >= 0.3 is 0 Å². The third-order valence-corrected chi connectivity index (χ3v) is 4.68. The lowest BCUT2D eigenvalue weighted by atomic mass is 10.1. The predicted octanol–water partition coefficient (Wildman–Crippen LogP) is 1.00. The van der Waals surface area contributed by atoms with Gasteiger partial charge in [-0.25, -0.2) is 13.6 Å². The summed E-state index contributed by atoms with van der Waals surface area (Å²) in [6, 6.07) is 4.66. The molecule has 1 aromatic carbocycles. The lowest BCUT2D eigenvalue weighted by Crippen LogP contribution is -2.29. The molecule has 0 saturated heterocycles. The highest BCUT2D eigenvalue weighted by Crippen LogP contribution is 2.36. The first kappa shape index (κ1) is 15.8. The number of hydrogen-bond acceptors (Lipinski definition) is 4. The van der Waals surface area contributed by atoms with Crippen LogP contribution in [0.5, 0.6) is 5.75 Å². The first-order chi connectivity index (χ1) is 9.82. The quantitative estimate of drug-likeness (QED) is 0.819. The molecule has 1 fully saturated rings. The van der Waals surface area contributed by atoms with Gasteiger partial charge in [0.15, 0.2) is 0 Å². The molecule has 0 radical (unpaired) electrons. The highest BCUT2D eigenvalue weighted by molar-refractivity contribution is 7.89. The normalized spacial score (nSPS) is 16.3. The monoisotopic (exact) mass is 312 g/mol. The van der Waals surface area contributed by atoms with E-state index in [0.717, 1.165) is 12.8 Å². The molecule has 1 unspecified atom stereocenters. The van der Waals surface area contributed by atoms with E-state index in [0.29, 0.717) is 11.5 Å². The van der Waals surface area contributed by atoms with Gasteiger partial charge in [0.1, 0.15) is 10.6 Å². The van der Waals surface area contributed by atoms with Crippen LogP contribution in [-0.4, -0.2) is 21.4 Å². The SMILES string of the molecule is COc1ccc(CNC(=O)C(C)C2CC2)cc1S(N)(=O)=O. The van der Waals surface area contributed by atoms with Crippen LogP contribution in [0.4, 0.5) is 0 Å². The Morgan fingerprint density at radius 2 is 2.14 bits per heavy atom. The van der Waals surface area contributed by atoms with Crippen LogP contribution in [0.1, 0.15) is 25.3 Å². The zero-order chi connectivity index (χ0) is 15.6. The van der Waals surface area contributed by atoms with Gasteiger partial charge in [-0.3, -0.25) is 4.79 Å². The number of methoxy groups -OCH3 is 1. The maximum absolute atomic E-state index is 11.9. The van der Waals surface area contributed by atoms with Crippen LogP contribution >= 0.6 is 0 Å². The van der Waals surface area contributed by atoms with Crippen LogP contribution in [-0.2, 0) is 21.4 Å². The number of primary sulfonamides is 1. The van der Waals surface area contributed by atoms with Crippen molar-refractivity contribution >= 4 is 15.9 Å². The molecule has 116 valence electrons. The van der Waals surface area contributed by atoms with Gasteiger partial charge in [0.05, 0.1) is 7.11 Å². The molecule has 2 rings (SSSR count). The molecule has 1 amide bonds. The Hall–Kier alpha value is -1.60. The third kappa shape index (κ3) is 3.95. The van der Waals surface area contributed by atoms with E-state index < -0.39 is 10.0 Å². The molecule has 3 N–H and O–H groups in total. The fourth-order valence-corrected chi connectivity index (χ4v) is 2.96. The standard InChI is InChI=1S/C14H20N2O4S/c1-9(11-4-5-11)14(17)16-8-10-3-6-12(20-2)13(7-10)21(15,18)19/h3,6-7,9,11H,4-5,8H2,1-2H3,(H,16,17)(H2,15,18,19). The summed E-state index contributed by atoms with van der Waals surface area (Å²) in [5, 5.41) is 7.98. The number of nitrogens with two attached hydrogens (primary N) is 1. The average Bonchev–Trinajstić information content (AvgIpc) is 3.27. The topological polar surface area (TPSA) is 98.5 Å². The molecule has 6 nitrogen and oxygen atoms in total. The number of ether oxygens (including phenoxy) is 1. The van der Waals surface area contributed by atoms with Crippen molar-refractivity contribution in [3.05, 3.63) is 23.8 Å². The van der Waals surface area contributed by atoms with E-state index in [1.807, 2.05) is 6.92 Å². The second kappa shape index (κ2) is 6.03. The van der Waals surface area contributed by atoms with E-state index in [4.69, 9.17) is 9.88 Å². The van der Waals surface area contributed by atoms with Crippen molar-refractivity contribution in [2.45, 2.75) is 31.2 Å². The highest BCUT2D eigenvalue weighted by Gasteiger charge is 2.32. The van der Waals surface area contributed by atoms with E-state index >= 15 is 0 Å². The van der Waals surface area contributed by atoms with Gasteiger partial charge in [-0.2, -0.15) is 0 Å². The Labute approximate surface area is 124 Å². The Balaban J connectivity index is 2.08. The van der Waals surface area contributed by atoms with E-state index in [1.165, 1.54) is 19.2 Å². The van der Waals surface area contributed by atoms with Gasteiger partial charge < -0.3 is 10.1 Å². The first-order valence-corrected chi connectivity index (χ1v) is 8.35. The number of benzene rings is 1. The first-order valence-electron chi connectivity index (χ1n) is 6.80. The molecule has 21 heavy (non-hydrogen) atoms. The molecule has 1 saturated carbocycles. The lowest BCUT2D eigenvalue weighted by molar-refractivity contribution is -0.125. The molecule has 0 aromatic heterocycles. The summed E-state index contributed by atoms with van der Waals surface area (Å²) in [7, 11) is -2.49. The second-order valence-electron chi connectivity index (χ2n) is 5.37. The molecule has 0 heterocycles. The Bertz CT molecular complexity index is 638. The van der Waals surface area contributed by atoms with Crippen LogP contribution in [0.3, 0.4) is 0 Å². The zero-order valence-corrected chi connectivity index (χ0v) is 12.9. The number of hydrogen-bond donors (Lipinski definition) is 2. The van der Waals surface area contributed by atoms with Crippen molar-refractivity contribution in [1.82, 2.24) is 5.32 Å². The van der Waals surface area contributed by atoms with Gasteiger partial charge in [0.2, 0.25) is 15.9 Å². The molecule has 0 spiro atoms. The summed E-state index contributed by atoms with van der Waals surface area (Å²) in [6.45, 7) is 2.18. The molecule has 1 aromatic rings. The fourth-order valence-electron chi connectivity index (χ4n) is 2.21. The van der Waals surface area contributed by atoms with Crippen molar-refractivity contribution in [3.8, 4) is 5.75 Å². The minimum atomic E-state index is -3.86. The Morgan fingerprint density at radius 1 is 1.48 bits per heavy atom. The summed E-state index contributed by atoms with van der Waals surface area (Å²) in [6.07, 6.45) is 2.21. The number of carbonyl (C=O) groups excluding carboxylic acids is 1. The smallest absolute Gasteiger partial charge is 0.241 e. The maximum atomic E-state index is 11.9. The maximum Gasteiger partial charge on any atom is 0.241 e. The summed E-state index contributed by atoms with van der Waals surface area (Å²) in [4.78, 5) is 11.8. The molecule has 1 aliphatic rings. The summed E-state index contributed by atoms with van der Waals surface area (Å²) in [5.74, 6) is 0.672. The molecule has 1 aliphatic carbocycles. The van der Waals surface area contributed by atoms with E-state index in [-0.39, 0.29) is 29.0 Å². The third-order valence-electron chi connectivity index (χ3n) is 3.74. The largest absolute Gasteiger partial charge is 0.495 e. The van der Waals surface area contributed by atoms with Crippen LogP contribution < -0.4 is 15.2 Å². The number of carbonyl (C=O) groups is 1. The number of sulfonamides is 1. The van der Waals surface area contributed by atoms with Crippen LogP contribution in [0.25, 0.3) is 0 Å². The van der Waals surface area contributed by atoms with Gasteiger partial charge in [-0.1, -0.05) is 13.0 Å².